The molecule has 0 atom stereocenters. The maximum absolute atomic E-state index is 9.06. The number of hydrogen-bond acceptors (Lipinski definition) is 2. The Kier molecular flexibility index (Phi) is 9.46. The van der Waals surface area contributed by atoms with Crippen LogP contribution >= 0.6 is 0 Å². The van der Waals surface area contributed by atoms with Gasteiger partial charge < -0.3 is 13.9 Å². The fourth-order valence-corrected chi connectivity index (χ4v) is 9.10. The average Bonchev–Trinajstić information content (AvgIpc) is 4.19. The van der Waals surface area contributed by atoms with Crippen molar-refractivity contribution in [3.63, 3.8) is 0 Å². The minimum absolute atomic E-state index is 0. The summed E-state index contributed by atoms with van der Waals surface area (Å²) in [5.74, 6) is 1.54. The Morgan fingerprint density at radius 2 is 1.24 bits per heavy atom. The molecule has 11 aromatic rings. The van der Waals surface area contributed by atoms with Crippen LogP contribution in [0.15, 0.2) is 188 Å². The molecule has 348 valence electrons. The van der Waals surface area contributed by atoms with E-state index in [4.69, 9.17) is 23.4 Å². The van der Waals surface area contributed by atoms with Crippen LogP contribution in [0.5, 0.6) is 11.5 Å². The van der Waals surface area contributed by atoms with E-state index in [0.29, 0.717) is 28.2 Å². The van der Waals surface area contributed by atoms with E-state index in [1.54, 1.807) is 33.4 Å². The summed E-state index contributed by atoms with van der Waals surface area (Å²) in [6.45, 7) is 15.4. The Labute approximate surface area is 440 Å². The SMILES string of the molecule is [2H]c1c([2H])c([2H])c(-c2cccc(-c3c([2H])c([2H])c([2H])c([2H])c3[2H])c2-[n+]2[c-]n(-c3[c-]c(Oc4[c-]c5c(cc4)c4cc(C(C)(C)C)ccc4n5-c4cc(CC)c(-c5ccc(C(C)(C)C)cc5)cn4)ccc3)c3ccccc32)c([2H])c1[2H].[Pt]. The second-order valence-corrected chi connectivity index (χ2v) is 19.2. The van der Waals surface area contributed by atoms with E-state index in [9.17, 15) is 0 Å². The van der Waals surface area contributed by atoms with Crippen molar-refractivity contribution in [2.45, 2.75) is 65.7 Å². The summed E-state index contributed by atoms with van der Waals surface area (Å²) in [5.41, 5.74) is 9.31. The molecule has 0 bridgehead atoms. The number of ether oxygens (including phenoxy) is 1. The topological polar surface area (TPSA) is 35.9 Å². The molecule has 70 heavy (non-hydrogen) atoms. The third kappa shape index (κ3) is 8.58. The smallest absolute Gasteiger partial charge is 0.268 e. The first kappa shape index (κ1) is 35.7. The van der Waals surface area contributed by atoms with E-state index >= 15 is 0 Å². The van der Waals surface area contributed by atoms with E-state index in [1.807, 2.05) is 48.7 Å². The summed E-state index contributed by atoms with van der Waals surface area (Å²) >= 11 is 0. The van der Waals surface area contributed by atoms with Crippen molar-refractivity contribution in [1.29, 1.82) is 0 Å². The quantitative estimate of drug-likeness (QED) is 0.107. The van der Waals surface area contributed by atoms with Crippen LogP contribution < -0.4 is 9.30 Å². The molecule has 5 nitrogen and oxygen atoms in total. The number of rotatable bonds is 9. The Morgan fingerprint density at radius 1 is 0.600 bits per heavy atom. The number of hydrogen-bond donors (Lipinski definition) is 0. The molecule has 0 fully saturated rings. The zero-order chi connectivity index (χ0) is 56.1. The van der Waals surface area contributed by atoms with E-state index in [-0.39, 0.29) is 59.8 Å². The summed E-state index contributed by atoms with van der Waals surface area (Å²) < 4.78 is 99.6. The van der Waals surface area contributed by atoms with Crippen molar-refractivity contribution >= 4 is 32.8 Å². The van der Waals surface area contributed by atoms with Crippen LogP contribution in [0, 0.1) is 18.5 Å². The van der Waals surface area contributed by atoms with Crippen molar-refractivity contribution in [1.82, 2.24) is 14.1 Å². The molecule has 11 rings (SSSR count). The Bertz CT molecular complexity index is 4160. The number of aryl methyl sites for hydroxylation is 1. The van der Waals surface area contributed by atoms with Gasteiger partial charge in [-0.2, -0.15) is 18.2 Å². The van der Waals surface area contributed by atoms with Crippen LogP contribution in [-0.2, 0) is 38.3 Å². The third-order valence-electron chi connectivity index (χ3n) is 12.7. The molecule has 0 unspecified atom stereocenters. The van der Waals surface area contributed by atoms with E-state index in [0.717, 1.165) is 50.7 Å². The number of benzene rings is 8. The fraction of sp³-hybridized carbons (Fsp3) is 0.156. The first-order valence-electron chi connectivity index (χ1n) is 28.1. The molecule has 0 N–H and O–H groups in total. The molecular weight excluding hydrogens is 1040 g/mol. The van der Waals surface area contributed by atoms with Gasteiger partial charge in [0.1, 0.15) is 5.82 Å². The molecule has 0 radical (unpaired) electrons. The number of nitrogens with zero attached hydrogens (tertiary/aromatic N) is 4. The minimum Gasteiger partial charge on any atom is -0.510 e. The normalized spacial score (nSPS) is 13.9. The number of imidazole rings is 1. The van der Waals surface area contributed by atoms with E-state index in [1.165, 1.54) is 11.1 Å². The zero-order valence-electron chi connectivity index (χ0n) is 49.8. The van der Waals surface area contributed by atoms with Crippen LogP contribution in [0.2, 0.25) is 0 Å². The van der Waals surface area contributed by atoms with Crippen LogP contribution in [0.4, 0.5) is 0 Å². The van der Waals surface area contributed by atoms with Gasteiger partial charge in [-0.25, -0.2) is 4.98 Å². The van der Waals surface area contributed by atoms with Gasteiger partial charge >= 0.3 is 0 Å². The van der Waals surface area contributed by atoms with Crippen molar-refractivity contribution in [2.75, 3.05) is 0 Å². The predicted octanol–water partition coefficient (Wildman–Crippen LogP) is 15.7. The van der Waals surface area contributed by atoms with Crippen molar-refractivity contribution < 1.29 is 44.1 Å². The molecule has 3 aromatic heterocycles. The Morgan fingerprint density at radius 3 is 1.91 bits per heavy atom. The van der Waals surface area contributed by atoms with Crippen molar-refractivity contribution in [2.24, 2.45) is 0 Å². The van der Waals surface area contributed by atoms with Crippen molar-refractivity contribution in [3.8, 4) is 62.1 Å². The Hall–Kier alpha value is -7.33. The largest absolute Gasteiger partial charge is 0.510 e. The maximum Gasteiger partial charge on any atom is 0.268 e. The number of fused-ring (bicyclic) bond motifs is 4. The molecule has 8 aromatic carbocycles. The van der Waals surface area contributed by atoms with Gasteiger partial charge in [-0.1, -0.05) is 193 Å². The Balaban J connectivity index is 0.00000720. The molecule has 6 heteroatoms. The van der Waals surface area contributed by atoms with Gasteiger partial charge in [-0.05, 0) is 85.0 Å². The number of para-hydroxylation sites is 3. The molecule has 0 saturated carbocycles. The number of pyridine rings is 1. The third-order valence-corrected chi connectivity index (χ3v) is 12.7. The van der Waals surface area contributed by atoms with Gasteiger partial charge in [-0.15, -0.1) is 29.7 Å². The molecule has 0 saturated heterocycles. The minimum atomic E-state index is -0.573. The summed E-state index contributed by atoms with van der Waals surface area (Å²) in [6.07, 6.45) is 6.19. The first-order chi connectivity index (χ1) is 37.6. The summed E-state index contributed by atoms with van der Waals surface area (Å²) in [5, 5.41) is 2.05. The number of aromatic nitrogens is 4. The molecular formula is C64H54N4OPt-2. The molecule has 0 aliphatic carbocycles. The van der Waals surface area contributed by atoms with E-state index in [2.05, 4.69) is 126 Å². The van der Waals surface area contributed by atoms with Gasteiger partial charge in [0.05, 0.1) is 30.4 Å². The molecule has 0 aliphatic rings. The van der Waals surface area contributed by atoms with Gasteiger partial charge in [0, 0.05) is 49.8 Å². The molecule has 0 spiro atoms. The summed E-state index contributed by atoms with van der Waals surface area (Å²) in [6, 6.07) is 40.8. The monoisotopic (exact) mass is 1100 g/mol. The molecule has 3 heterocycles. The van der Waals surface area contributed by atoms with E-state index < -0.39 is 60.4 Å². The van der Waals surface area contributed by atoms with Crippen LogP contribution in [0.25, 0.3) is 83.4 Å². The van der Waals surface area contributed by atoms with Gasteiger partial charge in [0.15, 0.2) is 0 Å². The van der Waals surface area contributed by atoms with Gasteiger partial charge in [0.2, 0.25) is 0 Å². The molecule has 0 aliphatic heterocycles. The van der Waals surface area contributed by atoms with Crippen LogP contribution in [-0.4, -0.2) is 14.1 Å². The second-order valence-electron chi connectivity index (χ2n) is 19.2. The van der Waals surface area contributed by atoms with Gasteiger partial charge in [0.25, 0.3) is 6.33 Å². The first-order valence-corrected chi connectivity index (χ1v) is 23.1. The van der Waals surface area contributed by atoms with Crippen LogP contribution in [0.3, 0.4) is 0 Å². The standard InChI is InChI=1S/C64H54N4O.Pt/c1-8-43-37-61(65-41-56(43)46-29-31-47(32-30-46)63(2,3)4)68-57-36-33-48(64(5,6)7)38-55(57)54-35-34-51(40-60(54)68)69-50-24-17-23-49(39-50)66-42-67(59-28-16-15-27-58(59)66)62-52(44-19-11-9-12-20-44)25-18-26-53(62)45-21-13-10-14-22-45;/h9-38,41H,8H2,1-7H3;/q-2;/i9D,10D,11D,12D,13D,14D,19D,20D,21D,22D;. The summed E-state index contributed by atoms with van der Waals surface area (Å²) in [7, 11) is 0. The van der Waals surface area contributed by atoms with Crippen molar-refractivity contribution in [3.05, 3.63) is 223 Å². The molecule has 0 amide bonds. The summed E-state index contributed by atoms with van der Waals surface area (Å²) in [4.78, 5) is 5.14. The van der Waals surface area contributed by atoms with Crippen LogP contribution in [0.1, 0.15) is 78.9 Å². The average molecular weight is 1100 g/mol. The predicted molar refractivity (Wildman–Crippen MR) is 283 cm³/mol. The maximum atomic E-state index is 9.06. The second kappa shape index (κ2) is 18.5. The van der Waals surface area contributed by atoms with Gasteiger partial charge in [-0.3, -0.25) is 4.57 Å². The zero-order valence-corrected chi connectivity index (χ0v) is 42.1. The fourth-order valence-electron chi connectivity index (χ4n) is 9.10.